The molecule has 0 aliphatic carbocycles. The number of carbonyl (C=O) groups excluding carboxylic acids is 1. The van der Waals surface area contributed by atoms with Gasteiger partial charge in [0.2, 0.25) is 10.0 Å². The van der Waals surface area contributed by atoms with E-state index in [0.29, 0.717) is 33.5 Å². The predicted molar refractivity (Wildman–Crippen MR) is 121 cm³/mol. The number of halogens is 1. The minimum Gasteiger partial charge on any atom is -0.464 e. The van der Waals surface area contributed by atoms with Gasteiger partial charge in [-0.1, -0.05) is 23.7 Å². The van der Waals surface area contributed by atoms with Gasteiger partial charge in [0.05, 0.1) is 11.2 Å². The van der Waals surface area contributed by atoms with E-state index in [1.54, 1.807) is 48.7 Å². The molecule has 0 fully saturated rings. The average molecular weight is 474 g/mol. The topological polar surface area (TPSA) is 111 Å². The van der Waals surface area contributed by atoms with Crippen molar-refractivity contribution in [3.05, 3.63) is 87.6 Å². The average Bonchev–Trinajstić information content (AvgIpc) is 3.03. The first-order chi connectivity index (χ1) is 14.8. The Morgan fingerprint density at radius 2 is 1.97 bits per heavy atom. The molecule has 158 valence electrons. The van der Waals surface area contributed by atoms with Crippen molar-refractivity contribution in [2.24, 2.45) is 5.14 Å². The molecule has 2 aromatic carbocycles. The van der Waals surface area contributed by atoms with Crippen molar-refractivity contribution in [3.8, 4) is 5.75 Å². The quantitative estimate of drug-likeness (QED) is 0.582. The van der Waals surface area contributed by atoms with Crippen molar-refractivity contribution in [1.29, 1.82) is 0 Å². The van der Waals surface area contributed by atoms with Gasteiger partial charge in [0, 0.05) is 33.7 Å². The minimum absolute atomic E-state index is 0.0603. The highest BCUT2D eigenvalue weighted by molar-refractivity contribution is 7.89. The summed E-state index contributed by atoms with van der Waals surface area (Å²) in [6, 6.07) is 11.5. The summed E-state index contributed by atoms with van der Waals surface area (Å²) in [6.45, 7) is 0. The molecule has 1 amide bonds. The Morgan fingerprint density at radius 1 is 1.19 bits per heavy atom. The first-order valence-electron chi connectivity index (χ1n) is 9.00. The summed E-state index contributed by atoms with van der Waals surface area (Å²) in [4.78, 5) is 17.9. The number of nitrogens with zero attached hydrogens (tertiary/aromatic N) is 1. The highest BCUT2D eigenvalue weighted by Crippen LogP contribution is 2.28. The Hall–Kier alpha value is -2.98. The van der Waals surface area contributed by atoms with Crippen LogP contribution in [0.3, 0.4) is 0 Å². The molecule has 0 atom stereocenters. The predicted octanol–water partition coefficient (Wildman–Crippen LogP) is 3.96. The van der Waals surface area contributed by atoms with Gasteiger partial charge in [-0.25, -0.2) is 18.5 Å². The lowest BCUT2D eigenvalue weighted by atomic mass is 10.1. The van der Waals surface area contributed by atoms with Gasteiger partial charge in [0.15, 0.2) is 5.13 Å². The number of thiazole rings is 1. The standard InChI is InChI=1S/C21H16ClN3O4S2/c22-16-3-6-19-15(11-16)10-14(7-8-29-19)20(26)25-21-24-12-17(30-21)9-13-1-4-18(5-2-13)31(23,27)28/h1-8,10-12H,9H2,(H2,23,27,28)(H,24,25,26). The van der Waals surface area contributed by atoms with Crippen molar-refractivity contribution < 1.29 is 17.9 Å². The lowest BCUT2D eigenvalue weighted by molar-refractivity contribution is -0.112. The number of nitrogens with one attached hydrogen (secondary N) is 1. The molecular weight excluding hydrogens is 458 g/mol. The number of aromatic nitrogens is 1. The molecule has 31 heavy (non-hydrogen) atoms. The van der Waals surface area contributed by atoms with Crippen LogP contribution >= 0.6 is 22.9 Å². The van der Waals surface area contributed by atoms with Crippen LogP contribution in [0.2, 0.25) is 5.02 Å². The Morgan fingerprint density at radius 3 is 2.71 bits per heavy atom. The molecule has 0 bridgehead atoms. The number of amides is 1. The van der Waals surface area contributed by atoms with E-state index < -0.39 is 10.0 Å². The fraction of sp³-hybridized carbons (Fsp3) is 0.0476. The van der Waals surface area contributed by atoms with E-state index in [4.69, 9.17) is 21.5 Å². The van der Waals surface area contributed by atoms with E-state index >= 15 is 0 Å². The van der Waals surface area contributed by atoms with Gasteiger partial charge in [-0.3, -0.25) is 10.1 Å². The zero-order chi connectivity index (χ0) is 22.0. The number of nitrogens with two attached hydrogens (primary N) is 1. The number of rotatable bonds is 5. The van der Waals surface area contributed by atoms with Crippen molar-refractivity contribution in [1.82, 2.24) is 4.98 Å². The molecule has 7 nitrogen and oxygen atoms in total. The number of sulfonamides is 1. The summed E-state index contributed by atoms with van der Waals surface area (Å²) in [5, 5.41) is 8.89. The summed E-state index contributed by atoms with van der Waals surface area (Å²) < 4.78 is 28.2. The molecule has 1 aromatic heterocycles. The second-order valence-electron chi connectivity index (χ2n) is 6.65. The molecule has 4 rings (SSSR count). The van der Waals surface area contributed by atoms with Crippen molar-refractivity contribution in [2.75, 3.05) is 5.32 Å². The van der Waals surface area contributed by atoms with Crippen LogP contribution in [0.25, 0.3) is 6.08 Å². The van der Waals surface area contributed by atoms with E-state index in [1.165, 1.54) is 29.7 Å². The Kier molecular flexibility index (Phi) is 5.92. The number of hydrogen-bond donors (Lipinski definition) is 2. The molecule has 0 unspecified atom stereocenters. The number of primary sulfonamides is 1. The number of hydrogen-bond acceptors (Lipinski definition) is 6. The SMILES string of the molecule is NS(=O)(=O)c1ccc(Cc2cnc(NC(=O)C3=Cc4cc(Cl)ccc4OC=C3)s2)cc1. The van der Waals surface area contributed by atoms with Crippen molar-refractivity contribution in [3.63, 3.8) is 0 Å². The number of ether oxygens (including phenoxy) is 1. The van der Waals surface area contributed by atoms with Gasteiger partial charge < -0.3 is 4.74 Å². The fourth-order valence-corrected chi connectivity index (χ4v) is 4.43. The zero-order valence-corrected chi connectivity index (χ0v) is 18.3. The van der Waals surface area contributed by atoms with E-state index in [1.807, 2.05) is 0 Å². The van der Waals surface area contributed by atoms with E-state index in [9.17, 15) is 13.2 Å². The molecule has 0 radical (unpaired) electrons. The normalized spacial score (nSPS) is 13.0. The van der Waals surface area contributed by atoms with Gasteiger partial charge in [0.1, 0.15) is 5.75 Å². The minimum atomic E-state index is -3.72. The smallest absolute Gasteiger partial charge is 0.257 e. The van der Waals surface area contributed by atoms with Gasteiger partial charge in [-0.05, 0) is 48.0 Å². The van der Waals surface area contributed by atoms with Crippen molar-refractivity contribution >= 4 is 50.1 Å². The van der Waals surface area contributed by atoms with Crippen LogP contribution in [0.5, 0.6) is 5.75 Å². The summed E-state index contributed by atoms with van der Waals surface area (Å²) >= 11 is 7.37. The first-order valence-corrected chi connectivity index (χ1v) is 11.7. The van der Waals surface area contributed by atoms with Crippen LogP contribution in [0, 0.1) is 0 Å². The first kappa shape index (κ1) is 21.3. The van der Waals surface area contributed by atoms with Crippen LogP contribution in [0.1, 0.15) is 16.0 Å². The lowest BCUT2D eigenvalue weighted by Crippen LogP contribution is -2.12. The molecular formula is C21H16ClN3O4S2. The zero-order valence-electron chi connectivity index (χ0n) is 15.9. The highest BCUT2D eigenvalue weighted by atomic mass is 35.5. The van der Waals surface area contributed by atoms with Crippen LogP contribution in [0.4, 0.5) is 5.13 Å². The molecule has 0 spiro atoms. The maximum absolute atomic E-state index is 12.7. The number of carbonyl (C=O) groups is 1. The summed E-state index contributed by atoms with van der Waals surface area (Å²) in [5.41, 5.74) is 2.00. The Labute approximate surface area is 187 Å². The van der Waals surface area contributed by atoms with Crippen LogP contribution < -0.4 is 15.2 Å². The number of benzene rings is 2. The van der Waals surface area contributed by atoms with Gasteiger partial charge >= 0.3 is 0 Å². The fourth-order valence-electron chi connectivity index (χ4n) is 2.89. The van der Waals surface area contributed by atoms with Crippen LogP contribution in [-0.2, 0) is 21.2 Å². The number of anilines is 1. The third kappa shape index (κ3) is 5.20. The van der Waals surface area contributed by atoms with Crippen LogP contribution in [0.15, 0.2) is 71.5 Å². The monoisotopic (exact) mass is 473 g/mol. The van der Waals surface area contributed by atoms with Crippen molar-refractivity contribution in [2.45, 2.75) is 11.3 Å². The van der Waals surface area contributed by atoms with E-state index in [0.717, 1.165) is 10.4 Å². The van der Waals surface area contributed by atoms with Gasteiger partial charge in [0.25, 0.3) is 5.91 Å². The van der Waals surface area contributed by atoms with Gasteiger partial charge in [-0.2, -0.15) is 0 Å². The highest BCUT2D eigenvalue weighted by Gasteiger charge is 2.15. The Balaban J connectivity index is 1.46. The van der Waals surface area contributed by atoms with Crippen LogP contribution in [-0.4, -0.2) is 19.3 Å². The summed E-state index contributed by atoms with van der Waals surface area (Å²) in [6.07, 6.45) is 6.93. The maximum Gasteiger partial charge on any atom is 0.257 e. The molecule has 1 aliphatic heterocycles. The molecule has 10 heteroatoms. The second kappa shape index (κ2) is 8.64. The largest absolute Gasteiger partial charge is 0.464 e. The third-order valence-electron chi connectivity index (χ3n) is 4.39. The molecule has 3 N–H and O–H groups in total. The third-order valence-corrected chi connectivity index (χ3v) is 6.47. The number of fused-ring (bicyclic) bond motifs is 1. The molecule has 3 aromatic rings. The summed E-state index contributed by atoms with van der Waals surface area (Å²) in [5.74, 6) is 0.277. The van der Waals surface area contributed by atoms with Gasteiger partial charge in [-0.15, -0.1) is 11.3 Å². The second-order valence-corrected chi connectivity index (χ2v) is 9.77. The maximum atomic E-state index is 12.7. The molecule has 0 saturated carbocycles. The van der Waals surface area contributed by atoms with E-state index in [-0.39, 0.29) is 10.8 Å². The summed E-state index contributed by atoms with van der Waals surface area (Å²) in [7, 11) is -3.72. The molecule has 1 aliphatic rings. The lowest BCUT2D eigenvalue weighted by Gasteiger charge is -2.04. The Bertz CT molecular complexity index is 1310. The van der Waals surface area contributed by atoms with E-state index in [2.05, 4.69) is 10.3 Å². The molecule has 0 saturated heterocycles. The molecule has 2 heterocycles.